The van der Waals surface area contributed by atoms with Crippen LogP contribution in [0.15, 0.2) is 24.3 Å². The molecule has 2 N–H and O–H groups in total. The predicted octanol–water partition coefficient (Wildman–Crippen LogP) is 1.13. The highest BCUT2D eigenvalue weighted by Crippen LogP contribution is 2.13. The van der Waals surface area contributed by atoms with Crippen LogP contribution >= 0.6 is 0 Å². The first-order chi connectivity index (χ1) is 7.68. The molecule has 16 heavy (non-hydrogen) atoms. The van der Waals surface area contributed by atoms with E-state index in [4.69, 9.17) is 10.5 Å². The van der Waals surface area contributed by atoms with E-state index in [1.807, 2.05) is 11.8 Å². The molecule has 0 aromatic heterocycles. The van der Waals surface area contributed by atoms with Gasteiger partial charge in [0.25, 0.3) is 5.91 Å². The van der Waals surface area contributed by atoms with Crippen LogP contribution < -0.4 is 5.73 Å². The third kappa shape index (κ3) is 2.17. The Bertz CT molecular complexity index is 375. The molecule has 1 saturated heterocycles. The molecular weight excluding hydrogens is 204 g/mol. The second-order valence-corrected chi connectivity index (χ2v) is 4.04. The molecule has 1 aromatic carbocycles. The smallest absolute Gasteiger partial charge is 0.254 e. The molecule has 0 bridgehead atoms. The second kappa shape index (κ2) is 4.53. The standard InChI is InChI=1S/C12H16N2O2/c1-9-8-16-7-6-14(9)12(15)10-2-4-11(13)5-3-10/h2-5,9H,6-8,13H2,1H3/t9-/m0/s1. The fourth-order valence-electron chi connectivity index (χ4n) is 1.82. The number of morpholine rings is 1. The van der Waals surface area contributed by atoms with Crippen molar-refractivity contribution in [2.45, 2.75) is 13.0 Å². The van der Waals surface area contributed by atoms with Gasteiger partial charge in [-0.1, -0.05) is 0 Å². The van der Waals surface area contributed by atoms with Crippen molar-refractivity contribution in [1.29, 1.82) is 0 Å². The number of hydrogen-bond acceptors (Lipinski definition) is 3. The molecule has 1 aliphatic rings. The first-order valence-corrected chi connectivity index (χ1v) is 5.43. The first kappa shape index (κ1) is 11.0. The zero-order valence-corrected chi connectivity index (χ0v) is 9.35. The lowest BCUT2D eigenvalue weighted by molar-refractivity contribution is 0.00360. The summed E-state index contributed by atoms with van der Waals surface area (Å²) in [5.74, 6) is 0.0517. The summed E-state index contributed by atoms with van der Waals surface area (Å²) in [4.78, 5) is 14.0. The van der Waals surface area contributed by atoms with Gasteiger partial charge in [0.1, 0.15) is 0 Å². The van der Waals surface area contributed by atoms with E-state index in [1.54, 1.807) is 24.3 Å². The molecule has 0 radical (unpaired) electrons. The Morgan fingerprint density at radius 3 is 2.75 bits per heavy atom. The SMILES string of the molecule is C[C@H]1COCCN1C(=O)c1ccc(N)cc1. The van der Waals surface area contributed by atoms with E-state index in [0.717, 1.165) is 0 Å². The number of rotatable bonds is 1. The number of benzene rings is 1. The molecule has 1 aromatic rings. The third-order valence-electron chi connectivity index (χ3n) is 2.79. The van der Waals surface area contributed by atoms with Gasteiger partial charge in [0.2, 0.25) is 0 Å². The summed E-state index contributed by atoms with van der Waals surface area (Å²) in [7, 11) is 0. The van der Waals surface area contributed by atoms with Crippen LogP contribution in [0.25, 0.3) is 0 Å². The lowest BCUT2D eigenvalue weighted by atomic mass is 10.1. The highest BCUT2D eigenvalue weighted by molar-refractivity contribution is 5.94. The summed E-state index contributed by atoms with van der Waals surface area (Å²) in [6.45, 7) is 3.88. The quantitative estimate of drug-likeness (QED) is 0.722. The van der Waals surface area contributed by atoms with Gasteiger partial charge in [0, 0.05) is 17.8 Å². The monoisotopic (exact) mass is 220 g/mol. The van der Waals surface area contributed by atoms with Gasteiger partial charge in [-0.3, -0.25) is 4.79 Å². The van der Waals surface area contributed by atoms with Crippen molar-refractivity contribution in [3.8, 4) is 0 Å². The highest BCUT2D eigenvalue weighted by atomic mass is 16.5. The zero-order valence-electron chi connectivity index (χ0n) is 9.35. The van der Waals surface area contributed by atoms with Crippen molar-refractivity contribution in [2.24, 2.45) is 0 Å². The molecule has 2 rings (SSSR count). The molecular formula is C12H16N2O2. The minimum absolute atomic E-state index is 0.0517. The van der Waals surface area contributed by atoms with Crippen molar-refractivity contribution in [2.75, 3.05) is 25.5 Å². The molecule has 1 heterocycles. The van der Waals surface area contributed by atoms with Gasteiger partial charge >= 0.3 is 0 Å². The Kier molecular flexibility index (Phi) is 3.10. The first-order valence-electron chi connectivity index (χ1n) is 5.43. The minimum Gasteiger partial charge on any atom is -0.399 e. The van der Waals surface area contributed by atoms with E-state index in [-0.39, 0.29) is 11.9 Å². The molecule has 86 valence electrons. The summed E-state index contributed by atoms with van der Waals surface area (Å²) in [5.41, 5.74) is 6.94. The van der Waals surface area contributed by atoms with Crippen molar-refractivity contribution in [1.82, 2.24) is 4.90 Å². The molecule has 1 fully saturated rings. The Balaban J connectivity index is 2.14. The molecule has 1 aliphatic heterocycles. The predicted molar refractivity (Wildman–Crippen MR) is 62.2 cm³/mol. The van der Waals surface area contributed by atoms with Crippen molar-refractivity contribution >= 4 is 11.6 Å². The third-order valence-corrected chi connectivity index (χ3v) is 2.79. The fourth-order valence-corrected chi connectivity index (χ4v) is 1.82. The fraction of sp³-hybridized carbons (Fsp3) is 0.417. The molecule has 1 atom stereocenters. The van der Waals surface area contributed by atoms with Crippen molar-refractivity contribution in [3.05, 3.63) is 29.8 Å². The van der Waals surface area contributed by atoms with Gasteiger partial charge in [-0.25, -0.2) is 0 Å². The largest absolute Gasteiger partial charge is 0.399 e. The number of anilines is 1. The van der Waals surface area contributed by atoms with Gasteiger partial charge in [0.05, 0.1) is 19.3 Å². The lowest BCUT2D eigenvalue weighted by Crippen LogP contribution is -2.47. The molecule has 0 saturated carbocycles. The maximum Gasteiger partial charge on any atom is 0.254 e. The number of carbonyl (C=O) groups excluding carboxylic acids is 1. The van der Waals surface area contributed by atoms with Crippen molar-refractivity contribution < 1.29 is 9.53 Å². The average molecular weight is 220 g/mol. The Morgan fingerprint density at radius 1 is 1.44 bits per heavy atom. The van der Waals surface area contributed by atoms with E-state index < -0.39 is 0 Å². The van der Waals surface area contributed by atoms with E-state index in [9.17, 15) is 4.79 Å². The van der Waals surface area contributed by atoms with Gasteiger partial charge in [-0.2, -0.15) is 0 Å². The molecule has 0 spiro atoms. The van der Waals surface area contributed by atoms with E-state index >= 15 is 0 Å². The van der Waals surface area contributed by atoms with Crippen LogP contribution in [0.3, 0.4) is 0 Å². The van der Waals surface area contributed by atoms with Crippen LogP contribution in [-0.2, 0) is 4.74 Å². The number of ether oxygens (including phenoxy) is 1. The maximum absolute atomic E-state index is 12.2. The summed E-state index contributed by atoms with van der Waals surface area (Å²) < 4.78 is 5.30. The number of carbonyl (C=O) groups is 1. The highest BCUT2D eigenvalue weighted by Gasteiger charge is 2.24. The van der Waals surface area contributed by atoms with Crippen molar-refractivity contribution in [3.63, 3.8) is 0 Å². The molecule has 0 unspecified atom stereocenters. The minimum atomic E-state index is 0.0517. The number of amides is 1. The Morgan fingerprint density at radius 2 is 2.12 bits per heavy atom. The Labute approximate surface area is 95.0 Å². The Hall–Kier alpha value is -1.55. The number of nitrogen functional groups attached to an aromatic ring is 1. The van der Waals surface area contributed by atoms with Crippen LogP contribution in [-0.4, -0.2) is 36.6 Å². The van der Waals surface area contributed by atoms with Gasteiger partial charge < -0.3 is 15.4 Å². The normalized spacial score (nSPS) is 20.8. The number of hydrogen-bond donors (Lipinski definition) is 1. The molecule has 1 amide bonds. The zero-order chi connectivity index (χ0) is 11.5. The molecule has 4 heteroatoms. The summed E-state index contributed by atoms with van der Waals surface area (Å²) in [6.07, 6.45) is 0. The van der Waals surface area contributed by atoms with Crippen LogP contribution in [0.5, 0.6) is 0 Å². The molecule has 0 aliphatic carbocycles. The van der Waals surface area contributed by atoms with Gasteiger partial charge in [0.15, 0.2) is 0 Å². The summed E-state index contributed by atoms with van der Waals surface area (Å²) >= 11 is 0. The van der Waals surface area contributed by atoms with Crippen LogP contribution in [0.4, 0.5) is 5.69 Å². The van der Waals surface area contributed by atoms with Gasteiger partial charge in [-0.05, 0) is 31.2 Å². The lowest BCUT2D eigenvalue weighted by Gasteiger charge is -2.33. The van der Waals surface area contributed by atoms with E-state index in [1.165, 1.54) is 0 Å². The second-order valence-electron chi connectivity index (χ2n) is 4.04. The van der Waals surface area contributed by atoms with Crippen LogP contribution in [0.2, 0.25) is 0 Å². The van der Waals surface area contributed by atoms with Crippen LogP contribution in [0.1, 0.15) is 17.3 Å². The van der Waals surface area contributed by atoms with E-state index in [0.29, 0.717) is 31.0 Å². The maximum atomic E-state index is 12.2. The number of nitrogens with two attached hydrogens (primary N) is 1. The summed E-state index contributed by atoms with van der Waals surface area (Å²) in [6, 6.07) is 7.16. The topological polar surface area (TPSA) is 55.6 Å². The average Bonchev–Trinajstić information content (AvgIpc) is 2.30. The summed E-state index contributed by atoms with van der Waals surface area (Å²) in [5, 5.41) is 0. The molecule has 4 nitrogen and oxygen atoms in total. The van der Waals surface area contributed by atoms with Crippen LogP contribution in [0, 0.1) is 0 Å². The van der Waals surface area contributed by atoms with Gasteiger partial charge in [-0.15, -0.1) is 0 Å². The number of nitrogens with zero attached hydrogens (tertiary/aromatic N) is 1. The van der Waals surface area contributed by atoms with E-state index in [2.05, 4.69) is 0 Å².